The van der Waals surface area contributed by atoms with E-state index in [-0.39, 0.29) is 17.0 Å². The summed E-state index contributed by atoms with van der Waals surface area (Å²) >= 11 is 0. The van der Waals surface area contributed by atoms with Crippen molar-refractivity contribution < 1.29 is 14.6 Å². The molecule has 2 rings (SSSR count). The highest BCUT2D eigenvalue weighted by Gasteiger charge is 2.21. The van der Waals surface area contributed by atoms with Crippen LogP contribution in [0.4, 0.5) is 0 Å². The van der Waals surface area contributed by atoms with E-state index >= 15 is 0 Å². The third kappa shape index (κ3) is 1.88. The number of hydrogen-bond acceptors (Lipinski definition) is 4. The van der Waals surface area contributed by atoms with Crippen LogP contribution < -0.4 is 0 Å². The molecule has 1 aliphatic heterocycles. The number of aromatic nitrogens is 1. The van der Waals surface area contributed by atoms with Gasteiger partial charge in [0.05, 0.1) is 17.7 Å². The molecule has 2 heterocycles. The molecule has 1 aromatic rings. The van der Waals surface area contributed by atoms with E-state index in [0.717, 1.165) is 6.42 Å². The van der Waals surface area contributed by atoms with E-state index in [1.807, 2.05) is 6.07 Å². The van der Waals surface area contributed by atoms with Crippen molar-refractivity contribution in [2.24, 2.45) is 0 Å². The molecule has 0 aromatic carbocycles. The van der Waals surface area contributed by atoms with Gasteiger partial charge >= 0.3 is 5.97 Å². The van der Waals surface area contributed by atoms with Gasteiger partial charge in [-0.25, -0.2) is 4.79 Å². The number of carbonyl (C=O) groups is 1. The molecule has 0 bridgehead atoms. The lowest BCUT2D eigenvalue weighted by molar-refractivity contribution is 0.0696. The normalized spacial score (nSPS) is 19.3. The molecule has 16 heavy (non-hydrogen) atoms. The Labute approximate surface area is 92.3 Å². The van der Waals surface area contributed by atoms with Crippen molar-refractivity contribution in [2.45, 2.75) is 12.3 Å². The van der Waals surface area contributed by atoms with Gasteiger partial charge in [-0.1, -0.05) is 0 Å². The molecule has 1 saturated heterocycles. The Morgan fingerprint density at radius 2 is 2.50 bits per heavy atom. The Hall–Kier alpha value is -1.93. The van der Waals surface area contributed by atoms with E-state index in [9.17, 15) is 4.79 Å². The molecular formula is C11H10N2O3. The quantitative estimate of drug-likeness (QED) is 0.805. The van der Waals surface area contributed by atoms with E-state index < -0.39 is 5.97 Å². The Balaban J connectivity index is 2.39. The first kappa shape index (κ1) is 10.6. The second kappa shape index (κ2) is 4.29. The van der Waals surface area contributed by atoms with Gasteiger partial charge in [0.25, 0.3) is 0 Å². The van der Waals surface area contributed by atoms with Gasteiger partial charge in [-0.3, -0.25) is 4.98 Å². The van der Waals surface area contributed by atoms with E-state index in [1.165, 1.54) is 12.3 Å². The van der Waals surface area contributed by atoms with Crippen LogP contribution in [0.25, 0.3) is 0 Å². The summed E-state index contributed by atoms with van der Waals surface area (Å²) in [5, 5.41) is 17.7. The summed E-state index contributed by atoms with van der Waals surface area (Å²) in [4.78, 5) is 15.0. The molecular weight excluding hydrogens is 208 g/mol. The van der Waals surface area contributed by atoms with Crippen LogP contribution in [0.1, 0.15) is 34.0 Å². The van der Waals surface area contributed by atoms with Crippen molar-refractivity contribution in [2.75, 3.05) is 13.2 Å². The number of hydrogen-bond donors (Lipinski definition) is 1. The van der Waals surface area contributed by atoms with Crippen LogP contribution in [-0.4, -0.2) is 29.3 Å². The standard InChI is InChI=1S/C11H10N2O3/c12-4-8-5-13-10(3-9(8)11(14)15)7-1-2-16-6-7/h3,5,7H,1-2,6H2,(H,14,15). The van der Waals surface area contributed by atoms with Crippen molar-refractivity contribution in [1.29, 1.82) is 5.26 Å². The van der Waals surface area contributed by atoms with Crippen LogP contribution in [0.15, 0.2) is 12.3 Å². The Bertz CT molecular complexity index is 459. The molecule has 1 unspecified atom stereocenters. The summed E-state index contributed by atoms with van der Waals surface area (Å²) in [5.74, 6) is -0.954. The van der Waals surface area contributed by atoms with Crippen LogP contribution in [0.5, 0.6) is 0 Å². The van der Waals surface area contributed by atoms with Gasteiger partial charge < -0.3 is 9.84 Å². The van der Waals surface area contributed by atoms with Crippen molar-refractivity contribution in [3.8, 4) is 6.07 Å². The zero-order chi connectivity index (χ0) is 11.5. The zero-order valence-corrected chi connectivity index (χ0v) is 8.51. The summed E-state index contributed by atoms with van der Waals surface area (Å²) in [5.41, 5.74) is 0.795. The maximum Gasteiger partial charge on any atom is 0.337 e. The monoisotopic (exact) mass is 218 g/mol. The number of ether oxygens (including phenoxy) is 1. The third-order valence-electron chi connectivity index (χ3n) is 2.62. The van der Waals surface area contributed by atoms with Crippen molar-refractivity contribution in [1.82, 2.24) is 4.98 Å². The average Bonchev–Trinajstić information content (AvgIpc) is 2.81. The topological polar surface area (TPSA) is 83.2 Å². The SMILES string of the molecule is N#Cc1cnc(C2CCOC2)cc1C(=O)O. The molecule has 0 radical (unpaired) electrons. The van der Waals surface area contributed by atoms with Gasteiger partial charge in [-0.05, 0) is 12.5 Å². The molecule has 1 aromatic heterocycles. The minimum Gasteiger partial charge on any atom is -0.478 e. The predicted octanol–water partition coefficient (Wildman–Crippen LogP) is 1.16. The second-order valence-corrected chi connectivity index (χ2v) is 3.63. The first-order valence-corrected chi connectivity index (χ1v) is 4.93. The fourth-order valence-corrected chi connectivity index (χ4v) is 1.73. The molecule has 0 spiro atoms. The fourth-order valence-electron chi connectivity index (χ4n) is 1.73. The molecule has 5 nitrogen and oxygen atoms in total. The fraction of sp³-hybridized carbons (Fsp3) is 0.364. The number of aromatic carboxylic acids is 1. The lowest BCUT2D eigenvalue weighted by Crippen LogP contribution is -2.07. The number of nitrogens with zero attached hydrogens (tertiary/aromatic N) is 2. The van der Waals surface area contributed by atoms with Crippen LogP contribution in [0.3, 0.4) is 0 Å². The lowest BCUT2D eigenvalue weighted by atomic mass is 10.0. The Morgan fingerprint density at radius 1 is 1.69 bits per heavy atom. The second-order valence-electron chi connectivity index (χ2n) is 3.63. The Kier molecular flexibility index (Phi) is 2.84. The maximum atomic E-state index is 10.9. The minimum atomic E-state index is -1.10. The van der Waals surface area contributed by atoms with Crippen molar-refractivity contribution >= 4 is 5.97 Å². The van der Waals surface area contributed by atoms with Gasteiger partial charge in [0.2, 0.25) is 0 Å². The molecule has 82 valence electrons. The van der Waals surface area contributed by atoms with Crippen LogP contribution in [0.2, 0.25) is 0 Å². The summed E-state index contributed by atoms with van der Waals surface area (Å²) in [6, 6.07) is 3.29. The molecule has 0 saturated carbocycles. The number of rotatable bonds is 2. The molecule has 0 amide bonds. The third-order valence-corrected chi connectivity index (χ3v) is 2.62. The van der Waals surface area contributed by atoms with E-state index in [4.69, 9.17) is 15.1 Å². The molecule has 5 heteroatoms. The van der Waals surface area contributed by atoms with Crippen LogP contribution >= 0.6 is 0 Å². The molecule has 1 atom stereocenters. The Morgan fingerprint density at radius 3 is 3.06 bits per heavy atom. The summed E-state index contributed by atoms with van der Waals surface area (Å²) in [7, 11) is 0. The van der Waals surface area contributed by atoms with Crippen molar-refractivity contribution in [3.63, 3.8) is 0 Å². The smallest absolute Gasteiger partial charge is 0.337 e. The predicted molar refractivity (Wildman–Crippen MR) is 54.1 cm³/mol. The highest BCUT2D eigenvalue weighted by Crippen LogP contribution is 2.24. The first-order chi connectivity index (χ1) is 7.72. The molecule has 1 N–H and O–H groups in total. The summed E-state index contributed by atoms with van der Waals surface area (Å²) < 4.78 is 5.22. The number of nitriles is 1. The summed E-state index contributed by atoms with van der Waals surface area (Å²) in [6.07, 6.45) is 2.16. The zero-order valence-electron chi connectivity index (χ0n) is 8.51. The number of carboxylic acid groups (broad SMARTS) is 1. The van der Waals surface area contributed by atoms with Gasteiger partial charge in [0.15, 0.2) is 0 Å². The van der Waals surface area contributed by atoms with Gasteiger partial charge in [0.1, 0.15) is 6.07 Å². The van der Waals surface area contributed by atoms with Crippen LogP contribution in [-0.2, 0) is 4.74 Å². The minimum absolute atomic E-state index is 0.0133. The van der Waals surface area contributed by atoms with Crippen molar-refractivity contribution in [3.05, 3.63) is 29.1 Å². The highest BCUT2D eigenvalue weighted by molar-refractivity contribution is 5.90. The van der Waals surface area contributed by atoms with Crippen LogP contribution in [0, 0.1) is 11.3 Å². The highest BCUT2D eigenvalue weighted by atomic mass is 16.5. The molecule has 0 aliphatic carbocycles. The average molecular weight is 218 g/mol. The largest absolute Gasteiger partial charge is 0.478 e. The van der Waals surface area contributed by atoms with E-state index in [2.05, 4.69) is 4.98 Å². The lowest BCUT2D eigenvalue weighted by Gasteiger charge is -2.08. The van der Waals surface area contributed by atoms with Gasteiger partial charge in [-0.2, -0.15) is 5.26 Å². The molecule has 1 aliphatic rings. The van der Waals surface area contributed by atoms with Gasteiger partial charge in [0, 0.05) is 24.4 Å². The van der Waals surface area contributed by atoms with E-state index in [0.29, 0.717) is 18.9 Å². The van der Waals surface area contributed by atoms with E-state index in [1.54, 1.807) is 0 Å². The maximum absolute atomic E-state index is 10.9. The number of pyridine rings is 1. The first-order valence-electron chi connectivity index (χ1n) is 4.93. The molecule has 1 fully saturated rings. The summed E-state index contributed by atoms with van der Waals surface area (Å²) in [6.45, 7) is 1.24. The van der Waals surface area contributed by atoms with Gasteiger partial charge in [-0.15, -0.1) is 0 Å². The number of carboxylic acids is 1.